The summed E-state index contributed by atoms with van der Waals surface area (Å²) in [5.74, 6) is 0.786. The molecule has 2 rings (SSSR count). The highest BCUT2D eigenvalue weighted by Crippen LogP contribution is 2.28. The molecule has 0 radical (unpaired) electrons. The lowest BCUT2D eigenvalue weighted by atomic mass is 10.0. The summed E-state index contributed by atoms with van der Waals surface area (Å²) in [4.78, 5) is 14.1. The Labute approximate surface area is 114 Å². The first-order chi connectivity index (χ1) is 9.11. The first-order valence-corrected chi connectivity index (χ1v) is 6.85. The number of hydrogen-bond donors (Lipinski definition) is 2. The van der Waals surface area contributed by atoms with Gasteiger partial charge in [0.25, 0.3) is 0 Å². The number of amides is 1. The maximum atomic E-state index is 12.3. The van der Waals surface area contributed by atoms with Gasteiger partial charge in [0.2, 0.25) is 5.91 Å². The number of nitrogens with two attached hydrogens (primary N) is 1. The zero-order valence-corrected chi connectivity index (χ0v) is 11.4. The average Bonchev–Trinajstić information content (AvgIpc) is 2.88. The highest BCUT2D eigenvalue weighted by Gasteiger charge is 2.31. The van der Waals surface area contributed by atoms with Gasteiger partial charge in [0.1, 0.15) is 5.75 Å². The predicted octanol–water partition coefficient (Wildman–Crippen LogP) is 1.52. The van der Waals surface area contributed by atoms with Crippen molar-refractivity contribution in [2.24, 2.45) is 11.7 Å². The molecule has 1 fully saturated rings. The maximum absolute atomic E-state index is 12.3. The average molecular weight is 262 g/mol. The smallest absolute Gasteiger partial charge is 0.226 e. The topological polar surface area (TPSA) is 66.6 Å². The van der Waals surface area contributed by atoms with Gasteiger partial charge >= 0.3 is 0 Å². The van der Waals surface area contributed by atoms with Crippen LogP contribution in [0.3, 0.4) is 0 Å². The van der Waals surface area contributed by atoms with Crippen molar-refractivity contribution in [3.8, 4) is 5.75 Å². The zero-order valence-electron chi connectivity index (χ0n) is 11.4. The second kappa shape index (κ2) is 6.06. The number of phenolic OH excluding ortho intramolecular Hbond substituents is 1. The van der Waals surface area contributed by atoms with E-state index in [1.165, 1.54) is 0 Å². The van der Waals surface area contributed by atoms with Crippen LogP contribution >= 0.6 is 0 Å². The second-order valence-electron chi connectivity index (χ2n) is 5.34. The van der Waals surface area contributed by atoms with Crippen LogP contribution in [0.2, 0.25) is 0 Å². The van der Waals surface area contributed by atoms with Crippen molar-refractivity contribution in [2.75, 3.05) is 13.6 Å². The molecule has 1 saturated carbocycles. The van der Waals surface area contributed by atoms with Crippen LogP contribution in [0.15, 0.2) is 24.3 Å². The first-order valence-electron chi connectivity index (χ1n) is 6.85. The molecule has 1 amide bonds. The number of hydrogen-bond acceptors (Lipinski definition) is 3. The summed E-state index contributed by atoms with van der Waals surface area (Å²) < 4.78 is 0. The summed E-state index contributed by atoms with van der Waals surface area (Å²) in [6, 6.07) is 7.09. The third kappa shape index (κ3) is 3.26. The molecule has 0 spiro atoms. The monoisotopic (exact) mass is 262 g/mol. The molecule has 1 aliphatic rings. The van der Waals surface area contributed by atoms with Crippen molar-refractivity contribution in [1.82, 2.24) is 4.90 Å². The van der Waals surface area contributed by atoms with Gasteiger partial charge in [0.05, 0.1) is 6.42 Å². The molecule has 4 nitrogen and oxygen atoms in total. The minimum atomic E-state index is 0.121. The van der Waals surface area contributed by atoms with Gasteiger partial charge in [-0.15, -0.1) is 0 Å². The van der Waals surface area contributed by atoms with Crippen LogP contribution in [-0.4, -0.2) is 35.5 Å². The van der Waals surface area contributed by atoms with E-state index in [-0.39, 0.29) is 17.7 Å². The van der Waals surface area contributed by atoms with Gasteiger partial charge in [-0.05, 0) is 43.0 Å². The standard InChI is InChI=1S/C15H22N2O2/c1-17(14-4-2-3-12(14)10-16)15(19)9-11-5-7-13(18)8-6-11/h5-8,12,14,18H,2-4,9-10,16H2,1H3. The summed E-state index contributed by atoms with van der Waals surface area (Å²) in [6.07, 6.45) is 3.71. The molecule has 104 valence electrons. The SMILES string of the molecule is CN(C(=O)Cc1ccc(O)cc1)C1CCCC1CN. The van der Waals surface area contributed by atoms with Gasteiger partial charge in [-0.25, -0.2) is 0 Å². The van der Waals surface area contributed by atoms with Crippen molar-refractivity contribution < 1.29 is 9.90 Å². The fourth-order valence-corrected chi connectivity index (χ4v) is 2.90. The summed E-state index contributed by atoms with van der Waals surface area (Å²) >= 11 is 0. The van der Waals surface area contributed by atoms with E-state index in [9.17, 15) is 9.90 Å². The van der Waals surface area contributed by atoms with E-state index in [0.29, 0.717) is 18.9 Å². The van der Waals surface area contributed by atoms with E-state index in [4.69, 9.17) is 5.73 Å². The molecule has 0 heterocycles. The van der Waals surface area contributed by atoms with Crippen molar-refractivity contribution in [3.63, 3.8) is 0 Å². The number of likely N-dealkylation sites (N-methyl/N-ethyl adjacent to an activating group) is 1. The molecule has 0 bridgehead atoms. The molecule has 2 atom stereocenters. The fraction of sp³-hybridized carbons (Fsp3) is 0.533. The number of benzene rings is 1. The summed E-state index contributed by atoms with van der Waals surface area (Å²) in [7, 11) is 1.88. The Hall–Kier alpha value is -1.55. The van der Waals surface area contributed by atoms with E-state index in [1.54, 1.807) is 24.3 Å². The van der Waals surface area contributed by atoms with Crippen LogP contribution in [-0.2, 0) is 11.2 Å². The van der Waals surface area contributed by atoms with Crippen LogP contribution in [0.5, 0.6) is 5.75 Å². The Morgan fingerprint density at radius 1 is 1.37 bits per heavy atom. The largest absolute Gasteiger partial charge is 0.508 e. The molecule has 19 heavy (non-hydrogen) atoms. The van der Waals surface area contributed by atoms with Crippen molar-refractivity contribution in [2.45, 2.75) is 31.7 Å². The lowest BCUT2D eigenvalue weighted by Gasteiger charge is -2.29. The summed E-state index contributed by atoms with van der Waals surface area (Å²) in [5, 5.41) is 9.23. The molecular formula is C15H22N2O2. The number of aromatic hydroxyl groups is 1. The molecule has 0 saturated heterocycles. The number of carbonyl (C=O) groups is 1. The van der Waals surface area contributed by atoms with Gasteiger partial charge < -0.3 is 15.7 Å². The van der Waals surface area contributed by atoms with Crippen LogP contribution in [0.25, 0.3) is 0 Å². The highest BCUT2D eigenvalue weighted by atomic mass is 16.3. The lowest BCUT2D eigenvalue weighted by Crippen LogP contribution is -2.42. The number of carbonyl (C=O) groups excluding carboxylic acids is 1. The molecule has 0 aliphatic heterocycles. The van der Waals surface area contributed by atoms with E-state index in [0.717, 1.165) is 24.8 Å². The lowest BCUT2D eigenvalue weighted by molar-refractivity contribution is -0.131. The Bertz CT molecular complexity index is 430. The Morgan fingerprint density at radius 2 is 2.05 bits per heavy atom. The molecule has 4 heteroatoms. The molecular weight excluding hydrogens is 240 g/mol. The minimum Gasteiger partial charge on any atom is -0.508 e. The number of nitrogens with zero attached hydrogens (tertiary/aromatic N) is 1. The zero-order chi connectivity index (χ0) is 13.8. The van der Waals surface area contributed by atoms with Crippen LogP contribution in [0.4, 0.5) is 0 Å². The first kappa shape index (κ1) is 13.9. The van der Waals surface area contributed by atoms with Crippen LogP contribution in [0, 0.1) is 5.92 Å². The third-order valence-corrected chi connectivity index (χ3v) is 4.10. The van der Waals surface area contributed by atoms with Crippen molar-refractivity contribution in [3.05, 3.63) is 29.8 Å². The van der Waals surface area contributed by atoms with Crippen molar-refractivity contribution in [1.29, 1.82) is 0 Å². The number of phenols is 1. The third-order valence-electron chi connectivity index (χ3n) is 4.10. The Morgan fingerprint density at radius 3 is 2.68 bits per heavy atom. The van der Waals surface area contributed by atoms with E-state index < -0.39 is 0 Å². The molecule has 2 unspecified atom stereocenters. The normalized spacial score (nSPS) is 22.4. The van der Waals surface area contributed by atoms with E-state index in [2.05, 4.69) is 0 Å². The number of rotatable bonds is 4. The van der Waals surface area contributed by atoms with E-state index >= 15 is 0 Å². The van der Waals surface area contributed by atoms with E-state index in [1.807, 2.05) is 11.9 Å². The van der Waals surface area contributed by atoms with Crippen molar-refractivity contribution >= 4 is 5.91 Å². The highest BCUT2D eigenvalue weighted by molar-refractivity contribution is 5.79. The summed E-state index contributed by atoms with van der Waals surface area (Å²) in [6.45, 7) is 0.654. The van der Waals surface area contributed by atoms with Gasteiger partial charge in [-0.1, -0.05) is 18.6 Å². The molecule has 3 N–H and O–H groups in total. The maximum Gasteiger partial charge on any atom is 0.226 e. The molecule has 1 aliphatic carbocycles. The van der Waals surface area contributed by atoms with Crippen LogP contribution in [0.1, 0.15) is 24.8 Å². The van der Waals surface area contributed by atoms with Gasteiger partial charge in [0.15, 0.2) is 0 Å². The molecule has 1 aromatic rings. The Kier molecular flexibility index (Phi) is 4.43. The predicted molar refractivity (Wildman–Crippen MR) is 74.8 cm³/mol. The summed E-state index contributed by atoms with van der Waals surface area (Å²) in [5.41, 5.74) is 6.69. The molecule has 0 aromatic heterocycles. The minimum absolute atomic E-state index is 0.121. The quantitative estimate of drug-likeness (QED) is 0.864. The molecule has 1 aromatic carbocycles. The second-order valence-corrected chi connectivity index (χ2v) is 5.34. The van der Waals surface area contributed by atoms with Gasteiger partial charge in [-0.2, -0.15) is 0 Å². The van der Waals surface area contributed by atoms with Crippen LogP contribution < -0.4 is 5.73 Å². The fourth-order valence-electron chi connectivity index (χ4n) is 2.90. The van der Waals surface area contributed by atoms with Gasteiger partial charge in [-0.3, -0.25) is 4.79 Å². The Balaban J connectivity index is 1.97. The van der Waals surface area contributed by atoms with Gasteiger partial charge in [0, 0.05) is 13.1 Å².